The maximum atomic E-state index is 6.20. The predicted molar refractivity (Wildman–Crippen MR) is 97.5 cm³/mol. The van der Waals surface area contributed by atoms with Crippen LogP contribution >= 0.6 is 11.6 Å². The summed E-state index contributed by atoms with van der Waals surface area (Å²) in [7, 11) is 2.17. The molecule has 124 valence electrons. The fraction of sp³-hybridized carbons (Fsp3) is 0.368. The number of hydrogen-bond donors (Lipinski definition) is 0. The molecule has 4 rings (SSSR count). The molecule has 3 aromatic rings. The molecule has 0 aliphatic carbocycles. The van der Waals surface area contributed by atoms with Gasteiger partial charge in [-0.25, -0.2) is 4.98 Å². The average molecular weight is 341 g/mol. The van der Waals surface area contributed by atoms with E-state index in [9.17, 15) is 0 Å². The van der Waals surface area contributed by atoms with Gasteiger partial charge >= 0.3 is 0 Å². The van der Waals surface area contributed by atoms with E-state index in [1.54, 1.807) is 6.20 Å². The monoisotopic (exact) mass is 340 g/mol. The van der Waals surface area contributed by atoms with E-state index < -0.39 is 0 Å². The number of rotatable bonds is 3. The predicted octanol–water partition coefficient (Wildman–Crippen LogP) is 3.62. The highest BCUT2D eigenvalue weighted by atomic mass is 35.5. The molecule has 4 heterocycles. The molecule has 0 fully saturated rings. The van der Waals surface area contributed by atoms with Gasteiger partial charge in [0.15, 0.2) is 0 Å². The van der Waals surface area contributed by atoms with Gasteiger partial charge in [0.25, 0.3) is 0 Å². The maximum absolute atomic E-state index is 6.20. The largest absolute Gasteiger partial charge is 0.329 e. The van der Waals surface area contributed by atoms with E-state index in [1.807, 2.05) is 13.1 Å². The van der Waals surface area contributed by atoms with Crippen LogP contribution in [0.25, 0.3) is 11.0 Å². The molecular formula is C19H21ClN4. The van der Waals surface area contributed by atoms with Crippen LogP contribution in [-0.4, -0.2) is 33.0 Å². The van der Waals surface area contributed by atoms with E-state index in [0.29, 0.717) is 5.02 Å². The number of aryl methyl sites for hydroxylation is 3. The summed E-state index contributed by atoms with van der Waals surface area (Å²) in [4.78, 5) is 11.4. The lowest BCUT2D eigenvalue weighted by atomic mass is 10.1. The zero-order chi connectivity index (χ0) is 16.7. The van der Waals surface area contributed by atoms with Crippen LogP contribution in [0.4, 0.5) is 0 Å². The molecule has 0 amide bonds. The van der Waals surface area contributed by atoms with Crippen LogP contribution in [-0.2, 0) is 25.9 Å². The first-order chi connectivity index (χ1) is 11.6. The number of halogens is 1. The molecule has 0 N–H and O–H groups in total. The van der Waals surface area contributed by atoms with Gasteiger partial charge in [0, 0.05) is 55.2 Å². The first-order valence-electron chi connectivity index (χ1n) is 8.37. The maximum Gasteiger partial charge on any atom is 0.140 e. The Morgan fingerprint density at radius 1 is 1.21 bits per heavy atom. The Balaban J connectivity index is 1.73. The Hall–Kier alpha value is -1.91. The lowest BCUT2D eigenvalue weighted by Crippen LogP contribution is -2.27. The number of nitrogens with zero attached hydrogens (tertiary/aromatic N) is 4. The van der Waals surface area contributed by atoms with Crippen LogP contribution in [0.15, 0.2) is 30.6 Å². The second-order valence-electron chi connectivity index (χ2n) is 6.65. The summed E-state index contributed by atoms with van der Waals surface area (Å²) in [5.41, 5.74) is 6.17. The Kier molecular flexibility index (Phi) is 4.02. The number of aromatic nitrogens is 3. The molecule has 24 heavy (non-hydrogen) atoms. The number of hydrogen-bond acceptors (Lipinski definition) is 3. The van der Waals surface area contributed by atoms with Crippen LogP contribution in [0, 0.1) is 6.92 Å². The van der Waals surface area contributed by atoms with E-state index in [-0.39, 0.29) is 0 Å². The van der Waals surface area contributed by atoms with Gasteiger partial charge in [0.05, 0.1) is 5.02 Å². The second-order valence-corrected chi connectivity index (χ2v) is 7.08. The van der Waals surface area contributed by atoms with E-state index in [1.165, 1.54) is 22.2 Å². The molecule has 0 saturated carbocycles. The number of likely N-dealkylation sites (N-methyl/N-ethyl adjacent to an activating group) is 1. The van der Waals surface area contributed by atoms with Gasteiger partial charge in [-0.3, -0.25) is 4.98 Å². The number of pyridine rings is 2. The van der Waals surface area contributed by atoms with Crippen molar-refractivity contribution in [3.05, 3.63) is 58.1 Å². The molecule has 0 atom stereocenters. The lowest BCUT2D eigenvalue weighted by molar-refractivity contribution is 0.309. The molecule has 0 unspecified atom stereocenters. The first-order valence-corrected chi connectivity index (χ1v) is 8.75. The van der Waals surface area contributed by atoms with Crippen molar-refractivity contribution in [1.29, 1.82) is 0 Å². The molecule has 0 spiro atoms. The highest BCUT2D eigenvalue weighted by molar-refractivity contribution is 6.31. The van der Waals surface area contributed by atoms with Crippen LogP contribution in [0.3, 0.4) is 0 Å². The van der Waals surface area contributed by atoms with Gasteiger partial charge in [0.2, 0.25) is 0 Å². The van der Waals surface area contributed by atoms with Gasteiger partial charge in [-0.15, -0.1) is 0 Å². The SMILES string of the molecule is Cc1ccc(CCn2c3c(c4cc(Cl)cnc42)CN(C)CC3)cn1. The third-order valence-corrected chi connectivity index (χ3v) is 5.05. The van der Waals surface area contributed by atoms with Crippen LogP contribution in [0.2, 0.25) is 5.02 Å². The standard InChI is InChI=1S/C19H21ClN4/c1-13-3-4-14(10-21-13)5-8-24-18-6-7-23(2)12-17(18)16-9-15(20)11-22-19(16)24/h3-4,9-11H,5-8,12H2,1-2H3. The molecule has 1 aliphatic heterocycles. The van der Waals surface area contributed by atoms with Crippen LogP contribution < -0.4 is 0 Å². The van der Waals surface area contributed by atoms with Crippen molar-refractivity contribution in [2.24, 2.45) is 0 Å². The lowest BCUT2D eigenvalue weighted by Gasteiger charge is -2.24. The molecule has 4 nitrogen and oxygen atoms in total. The summed E-state index contributed by atoms with van der Waals surface area (Å²) in [6.45, 7) is 4.99. The molecule has 5 heteroatoms. The summed E-state index contributed by atoms with van der Waals surface area (Å²) < 4.78 is 2.38. The van der Waals surface area contributed by atoms with Crippen LogP contribution in [0.1, 0.15) is 22.5 Å². The minimum Gasteiger partial charge on any atom is -0.329 e. The summed E-state index contributed by atoms with van der Waals surface area (Å²) in [5.74, 6) is 0. The zero-order valence-electron chi connectivity index (χ0n) is 14.1. The van der Waals surface area contributed by atoms with Crippen LogP contribution in [0.5, 0.6) is 0 Å². The Bertz CT molecular complexity index is 883. The highest BCUT2D eigenvalue weighted by Gasteiger charge is 2.23. The molecule has 0 saturated heterocycles. The van der Waals surface area contributed by atoms with E-state index in [2.05, 4.69) is 44.7 Å². The Morgan fingerprint density at radius 2 is 2.08 bits per heavy atom. The molecule has 1 aliphatic rings. The highest BCUT2D eigenvalue weighted by Crippen LogP contribution is 2.31. The summed E-state index contributed by atoms with van der Waals surface area (Å²) >= 11 is 6.20. The first kappa shape index (κ1) is 15.6. The van der Waals surface area contributed by atoms with Gasteiger partial charge in [-0.1, -0.05) is 17.7 Å². The zero-order valence-corrected chi connectivity index (χ0v) is 14.8. The summed E-state index contributed by atoms with van der Waals surface area (Å²) in [6, 6.07) is 6.30. The van der Waals surface area contributed by atoms with Crippen molar-refractivity contribution >= 4 is 22.6 Å². The Morgan fingerprint density at radius 3 is 2.88 bits per heavy atom. The molecule has 3 aromatic heterocycles. The van der Waals surface area contributed by atoms with Crippen molar-refractivity contribution in [3.8, 4) is 0 Å². The molecule has 0 radical (unpaired) electrons. The summed E-state index contributed by atoms with van der Waals surface area (Å²) in [5, 5.41) is 1.91. The smallest absolute Gasteiger partial charge is 0.140 e. The molecular weight excluding hydrogens is 320 g/mol. The third kappa shape index (κ3) is 2.80. The van der Waals surface area contributed by atoms with E-state index in [0.717, 1.165) is 43.8 Å². The minimum absolute atomic E-state index is 0.707. The summed E-state index contributed by atoms with van der Waals surface area (Å²) in [6.07, 6.45) is 5.75. The van der Waals surface area contributed by atoms with Gasteiger partial charge in [-0.05, 0) is 43.7 Å². The molecule has 0 aromatic carbocycles. The van der Waals surface area contributed by atoms with Crippen molar-refractivity contribution in [2.45, 2.75) is 32.9 Å². The van der Waals surface area contributed by atoms with Crippen molar-refractivity contribution in [3.63, 3.8) is 0 Å². The van der Waals surface area contributed by atoms with Gasteiger partial charge in [-0.2, -0.15) is 0 Å². The van der Waals surface area contributed by atoms with E-state index >= 15 is 0 Å². The fourth-order valence-electron chi connectivity index (χ4n) is 3.55. The van der Waals surface area contributed by atoms with Crippen molar-refractivity contribution in [2.75, 3.05) is 13.6 Å². The van der Waals surface area contributed by atoms with Gasteiger partial charge in [0.1, 0.15) is 5.65 Å². The third-order valence-electron chi connectivity index (χ3n) is 4.84. The quantitative estimate of drug-likeness (QED) is 0.730. The Labute approximate surface area is 147 Å². The normalized spacial score (nSPS) is 15.0. The minimum atomic E-state index is 0.707. The van der Waals surface area contributed by atoms with E-state index in [4.69, 9.17) is 11.6 Å². The van der Waals surface area contributed by atoms with Crippen molar-refractivity contribution < 1.29 is 0 Å². The van der Waals surface area contributed by atoms with Crippen molar-refractivity contribution in [1.82, 2.24) is 19.4 Å². The van der Waals surface area contributed by atoms with Gasteiger partial charge < -0.3 is 9.47 Å². The molecule has 0 bridgehead atoms. The second kappa shape index (κ2) is 6.19. The topological polar surface area (TPSA) is 34.0 Å². The average Bonchev–Trinajstić information content (AvgIpc) is 2.87. The fourth-order valence-corrected chi connectivity index (χ4v) is 3.71. The number of fused-ring (bicyclic) bond motifs is 3.